The number of unbranched alkanes of at least 4 members (excludes halogenated alkanes) is 2. The van der Waals surface area contributed by atoms with E-state index in [0.29, 0.717) is 7.35 Å². The first kappa shape index (κ1) is 36.7. The van der Waals surface area contributed by atoms with E-state index in [1.54, 1.807) is 36.5 Å². The Morgan fingerprint density at radius 3 is 1.33 bits per heavy atom. The van der Waals surface area contributed by atoms with E-state index in [1.807, 2.05) is 0 Å². The van der Waals surface area contributed by atoms with Gasteiger partial charge in [0.15, 0.2) is 0 Å². The van der Waals surface area contributed by atoms with Gasteiger partial charge in [0.2, 0.25) is 0 Å². The predicted octanol–water partition coefficient (Wildman–Crippen LogP) is 6.40. The van der Waals surface area contributed by atoms with Crippen molar-refractivity contribution in [1.82, 2.24) is 0 Å². The van der Waals surface area contributed by atoms with E-state index in [9.17, 15) is 0 Å². The quantitative estimate of drug-likeness (QED) is 0.154. The van der Waals surface area contributed by atoms with Crippen molar-refractivity contribution in [2.75, 3.05) is 14.2 Å². The monoisotopic (exact) mass is 846 g/mol. The molecule has 0 amide bonds. The molecule has 7 rings (SSSR count). The molecule has 1 heterocycles. The van der Waals surface area contributed by atoms with Gasteiger partial charge in [-0.25, -0.2) is 0 Å². The number of ether oxygens (including phenoxy) is 2. The molecule has 2 nitrogen and oxygen atoms in total. The topological polar surface area (TPSA) is 18.5 Å². The largest absolute Gasteiger partial charge is 1.00 e. The van der Waals surface area contributed by atoms with Crippen molar-refractivity contribution >= 4 is 12.2 Å². The van der Waals surface area contributed by atoms with Gasteiger partial charge >= 0.3 is 282 Å². The molecule has 0 aromatic heterocycles. The van der Waals surface area contributed by atoms with Gasteiger partial charge in [-0.3, -0.25) is 0 Å². The molecule has 2 unspecified atom stereocenters. The molecule has 0 saturated carbocycles. The number of halogens is 2. The number of benzene rings is 4. The maximum atomic E-state index is 5.50. The molecule has 4 aromatic carbocycles. The summed E-state index contributed by atoms with van der Waals surface area (Å²) < 4.78 is 15.4. The maximum Gasteiger partial charge on any atom is -1.00 e. The van der Waals surface area contributed by atoms with E-state index in [4.69, 9.17) is 9.47 Å². The number of rotatable bonds is 12. The second-order valence-corrected chi connectivity index (χ2v) is 30.3. The third-order valence-corrected chi connectivity index (χ3v) is 33.6. The average Bonchev–Trinajstić information content (AvgIpc) is 3.65. The molecule has 2 atom stereocenters. The molecule has 1 fully saturated rings. The molecule has 48 heavy (non-hydrogen) atoms. The average molecular weight is 846 g/mol. The van der Waals surface area contributed by atoms with Gasteiger partial charge in [0.25, 0.3) is 0 Å². The maximum absolute atomic E-state index is 5.50. The van der Waals surface area contributed by atoms with Crippen molar-refractivity contribution in [3.63, 3.8) is 0 Å². The van der Waals surface area contributed by atoms with E-state index < -0.39 is 20.0 Å². The zero-order valence-corrected chi connectivity index (χ0v) is 33.9. The first-order valence-electron chi connectivity index (χ1n) is 17.6. The fraction of sp³-hybridized carbons (Fsp3) is 0.349. The molecular weight excluding hydrogens is 798 g/mol. The molecule has 1 aliphatic heterocycles. The van der Waals surface area contributed by atoms with Crippen LogP contribution >= 0.6 is 0 Å². The number of methoxy groups -OCH3 is 2. The minimum Gasteiger partial charge on any atom is -1.00 e. The van der Waals surface area contributed by atoms with Gasteiger partial charge in [-0.15, -0.1) is 0 Å². The Morgan fingerprint density at radius 2 is 1.00 bits per heavy atom. The van der Waals surface area contributed by atoms with Crippen LogP contribution in [0.3, 0.4) is 0 Å². The molecule has 3 aliphatic rings. The smallest absolute Gasteiger partial charge is 1.00 e. The van der Waals surface area contributed by atoms with Gasteiger partial charge in [-0.05, 0) is 0 Å². The number of hydrogen-bond acceptors (Lipinski definition) is 2. The summed E-state index contributed by atoms with van der Waals surface area (Å²) in [6.45, 7) is 4.70. The first-order chi connectivity index (χ1) is 22.6. The summed E-state index contributed by atoms with van der Waals surface area (Å²) in [4.78, 5) is 0. The standard InChI is InChI=1S/2C20H21O.C3H6.2ClH.Hf/c2*1-3-4-6-15-13-17-7-5-8-19(20(17)14-15)16-9-11-18(21-2)12-10-16;1-3-2;;;/h2*5,7-14H,3-4,6H2,1-2H3;1-3H2;2*1H;/q;;;;;+2/p-2. The summed E-state index contributed by atoms with van der Waals surface area (Å²) in [5.41, 5.74) is 15.2. The second-order valence-electron chi connectivity index (χ2n) is 13.7. The van der Waals surface area contributed by atoms with Gasteiger partial charge in [0, 0.05) is 0 Å². The van der Waals surface area contributed by atoms with Crippen LogP contribution in [-0.4, -0.2) is 14.2 Å². The van der Waals surface area contributed by atoms with Crippen LogP contribution in [0.15, 0.2) is 96.1 Å². The van der Waals surface area contributed by atoms with E-state index in [0.717, 1.165) is 11.5 Å². The Hall–Kier alpha value is -2.59. The Bertz CT molecular complexity index is 1640. The summed E-state index contributed by atoms with van der Waals surface area (Å²) in [6.07, 6.45) is 14.3. The third-order valence-electron chi connectivity index (χ3n) is 11.2. The van der Waals surface area contributed by atoms with E-state index in [2.05, 4.69) is 111 Å². The van der Waals surface area contributed by atoms with Crippen LogP contribution in [0.25, 0.3) is 34.4 Å². The number of allylic oxidation sites excluding steroid dienone is 2. The molecule has 5 heteroatoms. The molecule has 0 bridgehead atoms. The molecule has 0 radical (unpaired) electrons. The summed E-state index contributed by atoms with van der Waals surface area (Å²) in [6, 6.07) is 31.8. The zero-order chi connectivity index (χ0) is 31.7. The van der Waals surface area contributed by atoms with Crippen LogP contribution < -0.4 is 34.3 Å². The van der Waals surface area contributed by atoms with Crippen molar-refractivity contribution in [3.05, 3.63) is 118 Å². The van der Waals surface area contributed by atoms with Crippen LogP contribution in [0.2, 0.25) is 8.35 Å². The number of hydrogen-bond donors (Lipinski definition) is 0. The third kappa shape index (κ3) is 6.52. The Balaban J connectivity index is 0.00000225. The van der Waals surface area contributed by atoms with E-state index in [1.165, 1.54) is 86.7 Å². The van der Waals surface area contributed by atoms with Crippen LogP contribution in [0.4, 0.5) is 0 Å². The van der Waals surface area contributed by atoms with Crippen LogP contribution in [-0.2, 0) is 20.0 Å². The SMILES string of the molecule is CCCCC1=Cc2c(-c3ccc(OC)cc3)cccc2[CH]1[Hf+2]1([CH]2C(CCCC)=Cc3c(-c4ccc(OC)cc4)cccc32)[CH2]C[CH2]1.[Cl-].[Cl-]. The normalized spacial score (nSPS) is 17.7. The van der Waals surface area contributed by atoms with Crippen molar-refractivity contribution in [2.45, 2.75) is 74.5 Å². The predicted molar refractivity (Wildman–Crippen MR) is 192 cm³/mol. The zero-order valence-electron chi connectivity index (χ0n) is 28.8. The minimum atomic E-state index is -3.10. The number of fused-ring (bicyclic) bond motifs is 2. The Labute approximate surface area is 305 Å². The fourth-order valence-electron chi connectivity index (χ4n) is 8.85. The molecule has 0 N–H and O–H groups in total. The van der Waals surface area contributed by atoms with Gasteiger partial charge in [0.1, 0.15) is 0 Å². The summed E-state index contributed by atoms with van der Waals surface area (Å²) in [5, 5.41) is 0. The van der Waals surface area contributed by atoms with Gasteiger partial charge in [0.05, 0.1) is 0 Å². The Kier molecular flexibility index (Phi) is 12.2. The molecule has 4 aromatic rings. The fourth-order valence-corrected chi connectivity index (χ4v) is 31.6. The minimum absolute atomic E-state index is 0. The van der Waals surface area contributed by atoms with Crippen LogP contribution in [0.1, 0.15) is 88.4 Å². The van der Waals surface area contributed by atoms with Crippen molar-refractivity contribution in [2.24, 2.45) is 0 Å². The van der Waals surface area contributed by atoms with Crippen molar-refractivity contribution in [1.29, 1.82) is 0 Å². The van der Waals surface area contributed by atoms with Crippen molar-refractivity contribution < 1.29 is 54.3 Å². The molecule has 1 saturated heterocycles. The molecule has 2 aliphatic carbocycles. The van der Waals surface area contributed by atoms with Crippen molar-refractivity contribution in [3.8, 4) is 33.8 Å². The summed E-state index contributed by atoms with van der Waals surface area (Å²) in [7, 11) is 3.50. The van der Waals surface area contributed by atoms with Gasteiger partial charge in [-0.2, -0.15) is 0 Å². The molecule has 250 valence electrons. The molecular formula is C43H48Cl2HfO2. The molecule has 0 spiro atoms. The van der Waals surface area contributed by atoms with Crippen LogP contribution in [0.5, 0.6) is 11.5 Å². The van der Waals surface area contributed by atoms with Gasteiger partial charge in [-0.1, -0.05) is 0 Å². The summed E-state index contributed by atoms with van der Waals surface area (Å²) >= 11 is -3.10. The Morgan fingerprint density at radius 1 is 0.583 bits per heavy atom. The second kappa shape index (κ2) is 16.0. The first-order valence-corrected chi connectivity index (χ1v) is 26.8. The van der Waals surface area contributed by atoms with Crippen LogP contribution in [0, 0.1) is 0 Å². The summed E-state index contributed by atoms with van der Waals surface area (Å²) in [5.74, 6) is 1.83. The van der Waals surface area contributed by atoms with E-state index >= 15 is 0 Å². The van der Waals surface area contributed by atoms with E-state index in [-0.39, 0.29) is 24.8 Å². The van der Waals surface area contributed by atoms with Gasteiger partial charge < -0.3 is 24.8 Å².